The molecule has 3 saturated heterocycles. The van der Waals surface area contributed by atoms with Gasteiger partial charge < -0.3 is 9.88 Å². The van der Waals surface area contributed by atoms with Crippen LogP contribution >= 0.6 is 0 Å². The predicted molar refractivity (Wildman–Crippen MR) is 105 cm³/mol. The third-order valence-corrected chi connectivity index (χ3v) is 6.03. The van der Waals surface area contributed by atoms with Gasteiger partial charge in [0.15, 0.2) is 0 Å². The second-order valence-corrected chi connectivity index (χ2v) is 7.88. The van der Waals surface area contributed by atoms with Gasteiger partial charge in [-0.05, 0) is 60.0 Å². The molecule has 0 aliphatic carbocycles. The number of rotatable bonds is 3. The number of fused-ring (bicyclic) bond motifs is 5. The van der Waals surface area contributed by atoms with E-state index in [2.05, 4.69) is 44.0 Å². The zero-order valence-corrected chi connectivity index (χ0v) is 15.3. The van der Waals surface area contributed by atoms with E-state index >= 15 is 0 Å². The lowest BCUT2D eigenvalue weighted by Crippen LogP contribution is -2.43. The second-order valence-electron chi connectivity index (χ2n) is 7.88. The number of benzene rings is 1. The number of nitrogens with zero attached hydrogens (tertiary/aromatic N) is 3. The van der Waals surface area contributed by atoms with Crippen LogP contribution in [0.1, 0.15) is 28.8 Å². The van der Waals surface area contributed by atoms with Gasteiger partial charge in [0.25, 0.3) is 5.91 Å². The van der Waals surface area contributed by atoms with Gasteiger partial charge in [0.05, 0.1) is 5.56 Å². The highest BCUT2D eigenvalue weighted by Crippen LogP contribution is 2.30. The fraction of sp³-hybridized carbons (Fsp3) is 0.364. The third-order valence-electron chi connectivity index (χ3n) is 6.03. The van der Waals surface area contributed by atoms with Gasteiger partial charge in [-0.25, -0.2) is 0 Å². The van der Waals surface area contributed by atoms with E-state index in [-0.39, 0.29) is 5.91 Å². The Labute approximate surface area is 159 Å². The van der Waals surface area contributed by atoms with Crippen molar-refractivity contribution in [3.8, 4) is 0 Å². The molecule has 5 nitrogen and oxygen atoms in total. The summed E-state index contributed by atoms with van der Waals surface area (Å²) in [4.78, 5) is 24.9. The number of amides is 1. The smallest absolute Gasteiger partial charge is 0.255 e. The zero-order chi connectivity index (χ0) is 18.2. The number of pyridine rings is 1. The van der Waals surface area contributed by atoms with Crippen molar-refractivity contribution >= 4 is 16.8 Å². The first-order chi connectivity index (χ1) is 13.3. The van der Waals surface area contributed by atoms with Crippen LogP contribution in [-0.4, -0.2) is 51.4 Å². The SMILES string of the molecule is O=C(c1cccnc1)N1C[C@H]2CC[C@@H](C1)N(Cc1ccc3[nH]ccc3c1)C2. The Kier molecular flexibility index (Phi) is 4.17. The summed E-state index contributed by atoms with van der Waals surface area (Å²) < 4.78 is 0. The molecule has 2 atom stereocenters. The van der Waals surface area contributed by atoms with Crippen LogP contribution in [0, 0.1) is 5.92 Å². The van der Waals surface area contributed by atoms with E-state index in [4.69, 9.17) is 0 Å². The molecule has 5 heteroatoms. The maximum absolute atomic E-state index is 12.9. The molecule has 0 spiro atoms. The molecular formula is C22H24N4O. The second kappa shape index (κ2) is 6.82. The van der Waals surface area contributed by atoms with E-state index in [1.165, 1.54) is 29.3 Å². The number of piperidine rings is 1. The highest BCUT2D eigenvalue weighted by atomic mass is 16.2. The quantitative estimate of drug-likeness (QED) is 0.780. The monoisotopic (exact) mass is 360 g/mol. The summed E-state index contributed by atoms with van der Waals surface area (Å²) in [5, 5.41) is 1.26. The molecule has 1 aromatic carbocycles. The number of hydrogen-bond donors (Lipinski definition) is 1. The van der Waals surface area contributed by atoms with Crippen molar-refractivity contribution in [1.82, 2.24) is 19.8 Å². The largest absolute Gasteiger partial charge is 0.361 e. The topological polar surface area (TPSA) is 52.2 Å². The highest BCUT2D eigenvalue weighted by Gasteiger charge is 2.36. The van der Waals surface area contributed by atoms with Crippen LogP contribution in [0.5, 0.6) is 0 Å². The highest BCUT2D eigenvalue weighted by molar-refractivity contribution is 5.94. The Morgan fingerprint density at radius 3 is 3.00 bits per heavy atom. The van der Waals surface area contributed by atoms with E-state index in [9.17, 15) is 4.79 Å². The Bertz CT molecular complexity index is 951. The molecule has 0 radical (unpaired) electrons. The summed E-state index contributed by atoms with van der Waals surface area (Å²) in [5.74, 6) is 0.677. The Morgan fingerprint density at radius 2 is 2.11 bits per heavy atom. The van der Waals surface area contributed by atoms with Crippen LogP contribution in [-0.2, 0) is 6.54 Å². The molecule has 6 rings (SSSR count). The molecule has 0 unspecified atom stereocenters. The van der Waals surface area contributed by atoms with Gasteiger partial charge in [-0.2, -0.15) is 0 Å². The van der Waals surface area contributed by atoms with Crippen LogP contribution < -0.4 is 0 Å². The summed E-state index contributed by atoms with van der Waals surface area (Å²) in [5.41, 5.74) is 3.23. The number of hydrogen-bond acceptors (Lipinski definition) is 3. The first-order valence-electron chi connectivity index (χ1n) is 9.75. The minimum atomic E-state index is 0.121. The predicted octanol–water partition coefficient (Wildman–Crippen LogP) is 3.30. The number of nitrogens with one attached hydrogen (secondary N) is 1. The van der Waals surface area contributed by atoms with Gasteiger partial charge in [0.2, 0.25) is 0 Å². The standard InChI is InChI=1S/C22H24N4O/c27-22(19-2-1-8-23-11-19)26-14-17-3-5-20(15-26)25(13-17)12-16-4-6-21-18(10-16)7-9-24-21/h1-2,4,6-11,17,20,24H,3,5,12-15H2/t17-,20-/m0/s1. The molecule has 1 N–H and O–H groups in total. The van der Waals surface area contributed by atoms with Crippen LogP contribution in [0.2, 0.25) is 0 Å². The minimum absolute atomic E-state index is 0.121. The van der Waals surface area contributed by atoms with E-state index < -0.39 is 0 Å². The molecule has 3 aromatic rings. The molecule has 2 bridgehead atoms. The van der Waals surface area contributed by atoms with Crippen LogP contribution in [0.3, 0.4) is 0 Å². The Balaban J connectivity index is 1.34. The van der Waals surface area contributed by atoms with Crippen LogP contribution in [0.25, 0.3) is 10.9 Å². The van der Waals surface area contributed by atoms with Gasteiger partial charge in [-0.3, -0.25) is 14.7 Å². The number of carbonyl (C=O) groups excluding carboxylic acids is 1. The number of H-pyrrole nitrogens is 1. The average molecular weight is 360 g/mol. The summed E-state index contributed by atoms with van der Waals surface area (Å²) in [6, 6.07) is 12.9. The fourth-order valence-electron chi connectivity index (χ4n) is 4.65. The lowest BCUT2D eigenvalue weighted by atomic mass is 9.94. The van der Waals surface area contributed by atoms with Gasteiger partial charge in [0.1, 0.15) is 0 Å². The Morgan fingerprint density at radius 1 is 1.15 bits per heavy atom. The molecular weight excluding hydrogens is 336 g/mol. The van der Waals surface area contributed by atoms with E-state index in [1.807, 2.05) is 18.3 Å². The van der Waals surface area contributed by atoms with Gasteiger partial charge >= 0.3 is 0 Å². The van der Waals surface area contributed by atoms with Crippen molar-refractivity contribution in [1.29, 1.82) is 0 Å². The zero-order valence-electron chi connectivity index (χ0n) is 15.3. The number of aromatic nitrogens is 2. The fourth-order valence-corrected chi connectivity index (χ4v) is 4.65. The average Bonchev–Trinajstić information content (AvgIpc) is 2.98. The lowest BCUT2D eigenvalue weighted by molar-refractivity contribution is 0.0735. The summed E-state index contributed by atoms with van der Waals surface area (Å²) in [7, 11) is 0. The van der Waals surface area contributed by atoms with Gasteiger partial charge in [0, 0.05) is 56.3 Å². The first kappa shape index (κ1) is 16.5. The number of aromatic amines is 1. The van der Waals surface area contributed by atoms with E-state index in [0.717, 1.165) is 26.2 Å². The van der Waals surface area contributed by atoms with Crippen molar-refractivity contribution in [2.24, 2.45) is 5.92 Å². The molecule has 3 aliphatic rings. The van der Waals surface area contributed by atoms with Crippen molar-refractivity contribution in [2.45, 2.75) is 25.4 Å². The van der Waals surface area contributed by atoms with E-state index in [1.54, 1.807) is 12.4 Å². The van der Waals surface area contributed by atoms with E-state index in [0.29, 0.717) is 17.5 Å². The Hall–Kier alpha value is -2.66. The molecule has 5 heterocycles. The molecule has 0 saturated carbocycles. The van der Waals surface area contributed by atoms with Crippen molar-refractivity contribution in [2.75, 3.05) is 19.6 Å². The van der Waals surface area contributed by atoms with Gasteiger partial charge in [-0.1, -0.05) is 6.07 Å². The molecule has 3 fully saturated rings. The number of carbonyl (C=O) groups is 1. The van der Waals surface area contributed by atoms with Crippen LogP contribution in [0.4, 0.5) is 0 Å². The molecule has 27 heavy (non-hydrogen) atoms. The maximum Gasteiger partial charge on any atom is 0.255 e. The maximum atomic E-state index is 12.9. The van der Waals surface area contributed by atoms with Crippen molar-refractivity contribution in [3.05, 3.63) is 66.1 Å². The molecule has 3 aliphatic heterocycles. The minimum Gasteiger partial charge on any atom is -0.361 e. The van der Waals surface area contributed by atoms with Crippen molar-refractivity contribution < 1.29 is 4.79 Å². The lowest BCUT2D eigenvalue weighted by Gasteiger charge is -2.36. The summed E-state index contributed by atoms with van der Waals surface area (Å²) >= 11 is 0. The van der Waals surface area contributed by atoms with Crippen molar-refractivity contribution in [3.63, 3.8) is 0 Å². The van der Waals surface area contributed by atoms with Gasteiger partial charge in [-0.15, -0.1) is 0 Å². The third kappa shape index (κ3) is 3.23. The summed E-state index contributed by atoms with van der Waals surface area (Å²) in [6.45, 7) is 3.71. The molecule has 1 amide bonds. The normalized spacial score (nSPS) is 22.9. The molecule has 138 valence electrons. The molecule has 2 aromatic heterocycles. The summed E-state index contributed by atoms with van der Waals surface area (Å²) in [6.07, 6.45) is 7.78. The first-order valence-corrected chi connectivity index (χ1v) is 9.75. The van der Waals surface area contributed by atoms with Crippen LogP contribution in [0.15, 0.2) is 55.0 Å².